The van der Waals surface area contributed by atoms with Gasteiger partial charge in [-0.15, -0.1) is 0 Å². The molecule has 1 fully saturated rings. The van der Waals surface area contributed by atoms with Gasteiger partial charge in [0.2, 0.25) is 11.8 Å². The number of carbonyl (C=O) groups is 2. The summed E-state index contributed by atoms with van der Waals surface area (Å²) in [5.41, 5.74) is 1.50. The third-order valence-corrected chi connectivity index (χ3v) is 6.27. The smallest absolute Gasteiger partial charge is 0.250 e. The van der Waals surface area contributed by atoms with Crippen LogP contribution in [0.1, 0.15) is 24.5 Å². The summed E-state index contributed by atoms with van der Waals surface area (Å²) in [7, 11) is 1.50. The van der Waals surface area contributed by atoms with E-state index in [0.29, 0.717) is 34.1 Å². The molecule has 0 aromatic heterocycles. The number of amides is 2. The second kappa shape index (κ2) is 7.58. The Labute approximate surface area is 179 Å². The first kappa shape index (κ1) is 20.7. The van der Waals surface area contributed by atoms with E-state index in [-0.39, 0.29) is 11.8 Å². The van der Waals surface area contributed by atoms with E-state index in [9.17, 15) is 14.7 Å². The van der Waals surface area contributed by atoms with Crippen molar-refractivity contribution in [1.82, 2.24) is 5.32 Å². The van der Waals surface area contributed by atoms with Gasteiger partial charge in [0.15, 0.2) is 0 Å². The lowest BCUT2D eigenvalue weighted by molar-refractivity contribution is -0.130. The van der Waals surface area contributed by atoms with Crippen molar-refractivity contribution >= 4 is 34.8 Å². The molecule has 2 amide bonds. The minimum absolute atomic E-state index is 0.298. The first-order chi connectivity index (χ1) is 14.3. The number of methoxy groups -OCH3 is 1. The van der Waals surface area contributed by atoms with Gasteiger partial charge in [0.25, 0.3) is 0 Å². The predicted octanol–water partition coefficient (Wildman–Crippen LogP) is 2.80. The first-order valence-corrected chi connectivity index (χ1v) is 10.2. The van der Waals surface area contributed by atoms with E-state index in [1.807, 2.05) is 25.1 Å². The molecule has 2 aliphatic rings. The number of aliphatic hydroxyl groups is 1. The van der Waals surface area contributed by atoms with Crippen LogP contribution in [0.15, 0.2) is 36.4 Å². The third kappa shape index (κ3) is 3.14. The van der Waals surface area contributed by atoms with Crippen LogP contribution in [0.3, 0.4) is 0 Å². The Hall–Kier alpha value is -2.61. The zero-order valence-corrected chi connectivity index (χ0v) is 17.7. The van der Waals surface area contributed by atoms with E-state index >= 15 is 0 Å². The summed E-state index contributed by atoms with van der Waals surface area (Å²) in [4.78, 5) is 26.7. The van der Waals surface area contributed by atoms with Crippen LogP contribution in [0.25, 0.3) is 0 Å². The molecule has 30 heavy (non-hydrogen) atoms. The van der Waals surface area contributed by atoms with E-state index in [4.69, 9.17) is 16.3 Å². The second-order valence-corrected chi connectivity index (χ2v) is 8.31. The van der Waals surface area contributed by atoms with E-state index < -0.39 is 23.6 Å². The Morgan fingerprint density at radius 1 is 1.37 bits per heavy atom. The Morgan fingerprint density at radius 2 is 2.13 bits per heavy atom. The number of hydrogen-bond donors (Lipinski definition) is 4. The van der Waals surface area contributed by atoms with Crippen molar-refractivity contribution < 1.29 is 19.4 Å². The van der Waals surface area contributed by atoms with Crippen molar-refractivity contribution in [3.63, 3.8) is 0 Å². The van der Waals surface area contributed by atoms with Crippen LogP contribution < -0.4 is 20.7 Å². The van der Waals surface area contributed by atoms with E-state index in [0.717, 1.165) is 5.56 Å². The molecule has 2 aliphatic heterocycles. The molecule has 8 heteroatoms. The maximum atomic E-state index is 13.5. The van der Waals surface area contributed by atoms with Crippen LogP contribution in [-0.2, 0) is 15.1 Å². The fourth-order valence-corrected chi connectivity index (χ4v) is 4.66. The molecular weight excluding hydrogens is 406 g/mol. The van der Waals surface area contributed by atoms with Crippen molar-refractivity contribution in [3.8, 4) is 5.75 Å². The number of nitrogens with one attached hydrogen (secondary N) is 3. The molecule has 4 unspecified atom stereocenters. The number of aryl methyl sites for hydroxylation is 1. The first-order valence-electron chi connectivity index (χ1n) is 9.79. The number of fused-ring (bicyclic) bond motifs is 2. The molecule has 0 saturated carbocycles. The van der Waals surface area contributed by atoms with Gasteiger partial charge >= 0.3 is 0 Å². The topological polar surface area (TPSA) is 99.7 Å². The standard InChI is InChI=1S/C22H24ClN3O4/c1-11-5-4-6-14-19(11)25-21(29)22(14)15(10-16(26-22)12(2)27)20(28)24-17-9-13(23)7-8-18(17)30-3/h4-9,12,15-16,26-27H,10H2,1-3H3,(H,24,28)(H,25,29). The number of carbonyl (C=O) groups excluding carboxylic acids is 2. The highest BCUT2D eigenvalue weighted by Crippen LogP contribution is 2.48. The molecule has 0 aliphatic carbocycles. The Bertz CT molecular complexity index is 1030. The molecule has 1 spiro atoms. The largest absolute Gasteiger partial charge is 0.495 e. The molecule has 2 aromatic rings. The van der Waals surface area contributed by atoms with Crippen molar-refractivity contribution in [2.24, 2.45) is 5.92 Å². The summed E-state index contributed by atoms with van der Waals surface area (Å²) < 4.78 is 5.33. The minimum Gasteiger partial charge on any atom is -0.495 e. The molecule has 7 nitrogen and oxygen atoms in total. The zero-order chi connectivity index (χ0) is 21.6. The molecule has 4 rings (SSSR count). The van der Waals surface area contributed by atoms with E-state index in [1.54, 1.807) is 25.1 Å². The number of halogens is 1. The number of ether oxygens (including phenoxy) is 1. The lowest BCUT2D eigenvalue weighted by Gasteiger charge is -2.29. The molecule has 158 valence electrons. The average molecular weight is 430 g/mol. The van der Waals surface area contributed by atoms with E-state index in [2.05, 4.69) is 16.0 Å². The van der Waals surface area contributed by atoms with Crippen molar-refractivity contribution in [3.05, 3.63) is 52.5 Å². The third-order valence-electron chi connectivity index (χ3n) is 6.04. The van der Waals surface area contributed by atoms with Crippen LogP contribution in [0.2, 0.25) is 5.02 Å². The van der Waals surface area contributed by atoms with Gasteiger partial charge in [-0.25, -0.2) is 0 Å². The number of anilines is 2. The van der Waals surface area contributed by atoms with Crippen LogP contribution >= 0.6 is 11.6 Å². The van der Waals surface area contributed by atoms with Gasteiger partial charge in [0, 0.05) is 22.3 Å². The van der Waals surface area contributed by atoms with Gasteiger partial charge in [-0.3, -0.25) is 14.9 Å². The zero-order valence-electron chi connectivity index (χ0n) is 17.0. The fraction of sp³-hybridized carbons (Fsp3) is 0.364. The molecule has 2 aromatic carbocycles. The van der Waals surface area contributed by atoms with Gasteiger partial charge in [0.05, 0.1) is 24.8 Å². The van der Waals surface area contributed by atoms with Gasteiger partial charge in [-0.2, -0.15) is 0 Å². The van der Waals surface area contributed by atoms with Gasteiger partial charge in [-0.05, 0) is 44.0 Å². The summed E-state index contributed by atoms with van der Waals surface area (Å²) in [6, 6.07) is 10.1. The summed E-state index contributed by atoms with van der Waals surface area (Å²) in [5.74, 6) is -0.931. The molecule has 1 saturated heterocycles. The molecule has 4 atom stereocenters. The lowest BCUT2D eigenvalue weighted by Crippen LogP contribution is -2.53. The van der Waals surface area contributed by atoms with Gasteiger partial charge in [-0.1, -0.05) is 29.8 Å². The quantitative estimate of drug-likeness (QED) is 0.599. The lowest BCUT2D eigenvalue weighted by atomic mass is 9.79. The van der Waals surface area contributed by atoms with Crippen molar-refractivity contribution in [2.75, 3.05) is 17.7 Å². The number of para-hydroxylation sites is 1. The highest BCUT2D eigenvalue weighted by atomic mass is 35.5. The monoisotopic (exact) mass is 429 g/mol. The molecular formula is C22H24ClN3O4. The Morgan fingerprint density at radius 3 is 2.83 bits per heavy atom. The fourth-order valence-electron chi connectivity index (χ4n) is 4.49. The summed E-state index contributed by atoms with van der Waals surface area (Å²) >= 11 is 6.09. The van der Waals surface area contributed by atoms with Crippen molar-refractivity contribution in [1.29, 1.82) is 0 Å². The highest BCUT2D eigenvalue weighted by molar-refractivity contribution is 6.31. The number of benzene rings is 2. The number of aliphatic hydroxyl groups excluding tert-OH is 1. The maximum Gasteiger partial charge on any atom is 0.250 e. The normalized spacial score (nSPS) is 25.7. The highest BCUT2D eigenvalue weighted by Gasteiger charge is 2.60. The summed E-state index contributed by atoms with van der Waals surface area (Å²) in [6.45, 7) is 3.56. The van der Waals surface area contributed by atoms with Gasteiger partial charge < -0.3 is 20.5 Å². The van der Waals surface area contributed by atoms with Crippen LogP contribution in [0.5, 0.6) is 5.75 Å². The predicted molar refractivity (Wildman–Crippen MR) is 115 cm³/mol. The SMILES string of the molecule is COc1ccc(Cl)cc1NC(=O)C1CC(C(C)O)NC12C(=O)Nc1c(C)cccc12. The van der Waals surface area contributed by atoms with Crippen LogP contribution in [-0.4, -0.2) is 36.2 Å². The number of rotatable bonds is 4. The Balaban J connectivity index is 1.76. The maximum absolute atomic E-state index is 13.5. The second-order valence-electron chi connectivity index (χ2n) is 7.87. The molecule has 0 radical (unpaired) electrons. The molecule has 4 N–H and O–H groups in total. The average Bonchev–Trinajstić information content (AvgIpc) is 3.24. The van der Waals surface area contributed by atoms with Crippen LogP contribution in [0, 0.1) is 12.8 Å². The van der Waals surface area contributed by atoms with Crippen LogP contribution in [0.4, 0.5) is 11.4 Å². The van der Waals surface area contributed by atoms with Gasteiger partial charge in [0.1, 0.15) is 11.3 Å². The Kier molecular flexibility index (Phi) is 5.22. The molecule has 0 bridgehead atoms. The van der Waals surface area contributed by atoms with E-state index in [1.165, 1.54) is 7.11 Å². The minimum atomic E-state index is -1.26. The summed E-state index contributed by atoms with van der Waals surface area (Å²) in [6.07, 6.45) is -0.435. The molecule has 2 heterocycles. The van der Waals surface area contributed by atoms with Crippen molar-refractivity contribution in [2.45, 2.75) is 38.0 Å². The summed E-state index contributed by atoms with van der Waals surface area (Å²) in [5, 5.41) is 19.8. The number of hydrogen-bond acceptors (Lipinski definition) is 5.